The summed E-state index contributed by atoms with van der Waals surface area (Å²) < 4.78 is 25.9. The maximum Gasteiger partial charge on any atom is 0.250 e. The molecule has 1 atom stereocenters. The largest absolute Gasteiger partial charge is 0.366 e. The van der Waals surface area contributed by atoms with E-state index in [1.54, 1.807) is 24.3 Å². The molecule has 1 unspecified atom stereocenters. The molecule has 0 radical (unpaired) electrons. The van der Waals surface area contributed by atoms with Gasteiger partial charge in [0.15, 0.2) is 0 Å². The first-order chi connectivity index (χ1) is 12.5. The van der Waals surface area contributed by atoms with Crippen molar-refractivity contribution in [2.24, 2.45) is 5.73 Å². The number of carbonyl (C=O) groups is 2. The molecule has 0 fully saturated rings. The summed E-state index contributed by atoms with van der Waals surface area (Å²) in [7, 11) is -3.73. The van der Waals surface area contributed by atoms with Crippen molar-refractivity contribution in [3.63, 3.8) is 0 Å². The number of nitrogens with one attached hydrogen (secondary N) is 1. The number of hydrogen-bond acceptors (Lipinski definition) is 4. The molecular formula is C19H23N3O4S. The third-order valence-corrected chi connectivity index (χ3v) is 5.24. The van der Waals surface area contributed by atoms with Crippen molar-refractivity contribution in [3.8, 4) is 0 Å². The van der Waals surface area contributed by atoms with Gasteiger partial charge in [-0.05, 0) is 56.2 Å². The monoisotopic (exact) mass is 389 g/mol. The number of sulfonamides is 1. The average molecular weight is 389 g/mol. The number of rotatable bonds is 6. The minimum Gasteiger partial charge on any atom is -0.366 e. The van der Waals surface area contributed by atoms with Crippen molar-refractivity contribution in [3.05, 3.63) is 59.2 Å². The van der Waals surface area contributed by atoms with Gasteiger partial charge in [0.2, 0.25) is 15.9 Å². The van der Waals surface area contributed by atoms with E-state index in [4.69, 9.17) is 5.73 Å². The van der Waals surface area contributed by atoms with Crippen LogP contribution in [0.3, 0.4) is 0 Å². The topological polar surface area (TPSA) is 110 Å². The van der Waals surface area contributed by atoms with Crippen molar-refractivity contribution >= 4 is 33.2 Å². The predicted molar refractivity (Wildman–Crippen MR) is 106 cm³/mol. The van der Waals surface area contributed by atoms with Gasteiger partial charge in [-0.1, -0.05) is 18.2 Å². The quantitative estimate of drug-likeness (QED) is 0.789. The van der Waals surface area contributed by atoms with E-state index in [2.05, 4.69) is 5.32 Å². The Balaban J connectivity index is 2.40. The van der Waals surface area contributed by atoms with Gasteiger partial charge in [-0.2, -0.15) is 0 Å². The van der Waals surface area contributed by atoms with E-state index in [9.17, 15) is 18.0 Å². The lowest BCUT2D eigenvalue weighted by Gasteiger charge is -2.29. The van der Waals surface area contributed by atoms with Gasteiger partial charge in [-0.15, -0.1) is 0 Å². The smallest absolute Gasteiger partial charge is 0.250 e. The number of aryl methyl sites for hydroxylation is 2. The van der Waals surface area contributed by atoms with Crippen LogP contribution in [0.4, 0.5) is 11.4 Å². The number of carbonyl (C=O) groups excluding carboxylic acids is 2. The first kappa shape index (κ1) is 20.4. The molecular weight excluding hydrogens is 366 g/mol. The molecule has 144 valence electrons. The fourth-order valence-electron chi connectivity index (χ4n) is 2.93. The number of anilines is 2. The highest BCUT2D eigenvalue weighted by atomic mass is 32.2. The molecule has 0 bridgehead atoms. The van der Waals surface area contributed by atoms with Crippen LogP contribution in [0.5, 0.6) is 0 Å². The van der Waals surface area contributed by atoms with Crippen LogP contribution < -0.4 is 15.4 Å². The van der Waals surface area contributed by atoms with Crippen molar-refractivity contribution in [2.75, 3.05) is 15.9 Å². The fraction of sp³-hybridized carbons (Fsp3) is 0.263. The summed E-state index contributed by atoms with van der Waals surface area (Å²) in [6, 6.07) is 10.6. The van der Waals surface area contributed by atoms with Crippen LogP contribution in [0.15, 0.2) is 42.5 Å². The number of amides is 2. The molecule has 8 heteroatoms. The summed E-state index contributed by atoms with van der Waals surface area (Å²) >= 11 is 0. The highest BCUT2D eigenvalue weighted by Crippen LogP contribution is 2.25. The summed E-state index contributed by atoms with van der Waals surface area (Å²) in [4.78, 5) is 24.3. The Labute approximate surface area is 159 Å². The second-order valence-corrected chi connectivity index (χ2v) is 8.34. The molecule has 2 aromatic rings. The lowest BCUT2D eigenvalue weighted by Crippen LogP contribution is -2.45. The minimum atomic E-state index is -3.73. The molecule has 7 nitrogen and oxygen atoms in total. The SMILES string of the molecule is Cc1cc(C)cc(N(C(C)C(=O)Nc2ccccc2C(N)=O)S(C)(=O)=O)c1. The standard InChI is InChI=1S/C19H23N3O4S/c1-12-9-13(2)11-15(10-12)22(27(4,25)26)14(3)19(24)21-17-8-6-5-7-16(17)18(20)23/h5-11,14H,1-4H3,(H2,20,23)(H,21,24). The lowest BCUT2D eigenvalue weighted by atomic mass is 10.1. The van der Waals surface area contributed by atoms with Crippen molar-refractivity contribution in [2.45, 2.75) is 26.8 Å². The van der Waals surface area contributed by atoms with Gasteiger partial charge in [-0.25, -0.2) is 8.42 Å². The maximum atomic E-state index is 12.7. The maximum absolute atomic E-state index is 12.7. The van der Waals surface area contributed by atoms with E-state index in [0.717, 1.165) is 21.7 Å². The molecule has 0 saturated carbocycles. The Morgan fingerprint density at radius 3 is 2.15 bits per heavy atom. The Hall–Kier alpha value is -2.87. The fourth-order valence-corrected chi connectivity index (χ4v) is 4.09. The van der Waals surface area contributed by atoms with Crippen LogP contribution in [0, 0.1) is 13.8 Å². The first-order valence-electron chi connectivity index (χ1n) is 8.28. The molecule has 0 aliphatic heterocycles. The number of para-hydroxylation sites is 1. The summed E-state index contributed by atoms with van der Waals surface area (Å²) in [5.41, 5.74) is 7.87. The van der Waals surface area contributed by atoms with Crippen LogP contribution in [0.1, 0.15) is 28.4 Å². The third kappa shape index (κ3) is 4.85. The molecule has 2 amide bonds. The number of nitrogens with zero attached hydrogens (tertiary/aromatic N) is 1. The Bertz CT molecular complexity index is 966. The van der Waals surface area contributed by atoms with Crippen LogP contribution in [0.2, 0.25) is 0 Å². The summed E-state index contributed by atoms with van der Waals surface area (Å²) in [6.07, 6.45) is 1.05. The second kappa shape index (κ2) is 7.79. The van der Waals surface area contributed by atoms with Crippen LogP contribution >= 0.6 is 0 Å². The highest BCUT2D eigenvalue weighted by Gasteiger charge is 2.30. The van der Waals surface area contributed by atoms with E-state index in [-0.39, 0.29) is 11.3 Å². The highest BCUT2D eigenvalue weighted by molar-refractivity contribution is 7.92. The molecule has 3 N–H and O–H groups in total. The van der Waals surface area contributed by atoms with E-state index in [0.29, 0.717) is 5.69 Å². The van der Waals surface area contributed by atoms with Crippen LogP contribution in [0.25, 0.3) is 0 Å². The molecule has 0 spiro atoms. The average Bonchev–Trinajstić information content (AvgIpc) is 2.52. The van der Waals surface area contributed by atoms with E-state index < -0.39 is 27.9 Å². The van der Waals surface area contributed by atoms with Crippen LogP contribution in [-0.4, -0.2) is 32.5 Å². The number of hydrogen-bond donors (Lipinski definition) is 2. The van der Waals surface area contributed by atoms with Crippen molar-refractivity contribution < 1.29 is 18.0 Å². The molecule has 2 aromatic carbocycles. The minimum absolute atomic E-state index is 0.148. The number of benzene rings is 2. The summed E-state index contributed by atoms with van der Waals surface area (Å²) in [5.74, 6) is -1.26. The molecule has 0 aromatic heterocycles. The molecule has 0 saturated heterocycles. The van der Waals surface area contributed by atoms with E-state index in [1.807, 2.05) is 19.9 Å². The zero-order valence-corrected chi connectivity index (χ0v) is 16.5. The molecule has 2 rings (SSSR count). The number of primary amides is 1. The van der Waals surface area contributed by atoms with Crippen molar-refractivity contribution in [1.29, 1.82) is 0 Å². The Morgan fingerprint density at radius 2 is 1.63 bits per heavy atom. The molecule has 0 heterocycles. The van der Waals surface area contributed by atoms with Gasteiger partial charge >= 0.3 is 0 Å². The van der Waals surface area contributed by atoms with Gasteiger partial charge in [-0.3, -0.25) is 13.9 Å². The Kier molecular flexibility index (Phi) is 5.90. The predicted octanol–water partition coefficient (Wildman–Crippen LogP) is 2.20. The second-order valence-electron chi connectivity index (χ2n) is 6.48. The van der Waals surface area contributed by atoms with E-state index >= 15 is 0 Å². The summed E-state index contributed by atoms with van der Waals surface area (Å²) in [6.45, 7) is 5.19. The van der Waals surface area contributed by atoms with E-state index in [1.165, 1.54) is 19.1 Å². The first-order valence-corrected chi connectivity index (χ1v) is 10.1. The zero-order valence-electron chi connectivity index (χ0n) is 15.7. The zero-order chi connectivity index (χ0) is 20.4. The Morgan fingerprint density at radius 1 is 1.07 bits per heavy atom. The third-order valence-electron chi connectivity index (χ3n) is 4.00. The van der Waals surface area contributed by atoms with Gasteiger partial charge in [0.1, 0.15) is 6.04 Å². The van der Waals surface area contributed by atoms with Gasteiger partial charge < -0.3 is 11.1 Å². The van der Waals surface area contributed by atoms with Gasteiger partial charge in [0.05, 0.1) is 23.2 Å². The molecule has 27 heavy (non-hydrogen) atoms. The normalized spacial score (nSPS) is 12.3. The lowest BCUT2D eigenvalue weighted by molar-refractivity contribution is -0.116. The number of nitrogens with two attached hydrogens (primary N) is 1. The molecule has 0 aliphatic carbocycles. The summed E-state index contributed by atoms with van der Waals surface area (Å²) in [5, 5.41) is 2.60. The van der Waals surface area contributed by atoms with Gasteiger partial charge in [0, 0.05) is 0 Å². The molecule has 0 aliphatic rings. The van der Waals surface area contributed by atoms with Gasteiger partial charge in [0.25, 0.3) is 5.91 Å². The van der Waals surface area contributed by atoms with Crippen LogP contribution in [-0.2, 0) is 14.8 Å². The van der Waals surface area contributed by atoms with Crippen molar-refractivity contribution in [1.82, 2.24) is 0 Å².